The van der Waals surface area contributed by atoms with Crippen molar-refractivity contribution in [1.29, 1.82) is 0 Å². The number of rotatable bonds is 6. The topological polar surface area (TPSA) is 49.8 Å². The third-order valence-corrected chi connectivity index (χ3v) is 3.97. The summed E-state index contributed by atoms with van der Waals surface area (Å²) in [5, 5.41) is 6.58. The molecule has 2 aromatic rings. The molecule has 0 aliphatic rings. The van der Waals surface area contributed by atoms with Gasteiger partial charge in [0.25, 0.3) is 0 Å². The third-order valence-electron chi connectivity index (χ3n) is 3.11. The Hall–Kier alpha value is -1.62. The van der Waals surface area contributed by atoms with Crippen molar-refractivity contribution in [3.05, 3.63) is 40.0 Å². The van der Waals surface area contributed by atoms with E-state index in [1.165, 1.54) is 5.56 Å². The van der Waals surface area contributed by atoms with Crippen LogP contribution in [0, 0.1) is 13.8 Å². The lowest BCUT2D eigenvalue weighted by molar-refractivity contribution is 0.825. The van der Waals surface area contributed by atoms with E-state index >= 15 is 0 Å². The van der Waals surface area contributed by atoms with Crippen molar-refractivity contribution in [2.45, 2.75) is 33.6 Å². The number of aromatic nitrogens is 2. The standard InChI is InChI=1S/C16H21BrN4/c1-4-5-8-18-16-19-12(3)9-15(21-16)20-13-7-6-11(2)14(17)10-13/h6-7,9-10H,4-5,8H2,1-3H3,(H2,18,19,20,21). The van der Waals surface area contributed by atoms with E-state index in [0.717, 1.165) is 41.1 Å². The quantitative estimate of drug-likeness (QED) is 0.735. The molecule has 0 bridgehead atoms. The summed E-state index contributed by atoms with van der Waals surface area (Å²) < 4.78 is 1.08. The van der Waals surface area contributed by atoms with Gasteiger partial charge >= 0.3 is 0 Å². The summed E-state index contributed by atoms with van der Waals surface area (Å²) in [7, 11) is 0. The lowest BCUT2D eigenvalue weighted by Gasteiger charge is -2.10. The number of anilines is 3. The summed E-state index contributed by atoms with van der Waals surface area (Å²) in [5.41, 5.74) is 3.16. The highest BCUT2D eigenvalue weighted by atomic mass is 79.9. The van der Waals surface area contributed by atoms with Gasteiger partial charge in [0.15, 0.2) is 0 Å². The highest BCUT2D eigenvalue weighted by Gasteiger charge is 2.03. The zero-order chi connectivity index (χ0) is 15.2. The zero-order valence-corrected chi connectivity index (χ0v) is 14.3. The molecule has 21 heavy (non-hydrogen) atoms. The van der Waals surface area contributed by atoms with Gasteiger partial charge in [-0.25, -0.2) is 4.98 Å². The predicted molar refractivity (Wildman–Crippen MR) is 92.3 cm³/mol. The Labute approximate surface area is 134 Å². The number of aryl methyl sites for hydroxylation is 2. The number of hydrogen-bond donors (Lipinski definition) is 2. The molecule has 4 nitrogen and oxygen atoms in total. The van der Waals surface area contributed by atoms with Gasteiger partial charge < -0.3 is 10.6 Å². The fraction of sp³-hybridized carbons (Fsp3) is 0.375. The van der Waals surface area contributed by atoms with E-state index in [9.17, 15) is 0 Å². The molecule has 1 aromatic heterocycles. The molecule has 2 rings (SSSR count). The summed E-state index contributed by atoms with van der Waals surface area (Å²) in [5.74, 6) is 1.48. The van der Waals surface area contributed by atoms with Crippen molar-refractivity contribution in [1.82, 2.24) is 9.97 Å². The van der Waals surface area contributed by atoms with Gasteiger partial charge in [0.1, 0.15) is 5.82 Å². The molecule has 0 saturated heterocycles. The van der Waals surface area contributed by atoms with E-state index < -0.39 is 0 Å². The zero-order valence-electron chi connectivity index (χ0n) is 12.7. The normalized spacial score (nSPS) is 10.5. The van der Waals surface area contributed by atoms with E-state index in [-0.39, 0.29) is 0 Å². The largest absolute Gasteiger partial charge is 0.354 e. The fourth-order valence-corrected chi connectivity index (χ4v) is 2.29. The number of nitrogens with one attached hydrogen (secondary N) is 2. The molecule has 0 unspecified atom stereocenters. The van der Waals surface area contributed by atoms with Gasteiger partial charge in [-0.15, -0.1) is 0 Å². The van der Waals surface area contributed by atoms with Crippen LogP contribution in [0.2, 0.25) is 0 Å². The summed E-state index contributed by atoms with van der Waals surface area (Å²) >= 11 is 3.55. The van der Waals surface area contributed by atoms with Crippen molar-refractivity contribution in [2.75, 3.05) is 17.2 Å². The van der Waals surface area contributed by atoms with Gasteiger partial charge in [-0.05, 0) is 38.0 Å². The van der Waals surface area contributed by atoms with Crippen LogP contribution in [-0.2, 0) is 0 Å². The minimum Gasteiger partial charge on any atom is -0.354 e. The maximum Gasteiger partial charge on any atom is 0.224 e. The molecule has 5 heteroatoms. The van der Waals surface area contributed by atoms with E-state index in [1.807, 2.05) is 19.1 Å². The smallest absolute Gasteiger partial charge is 0.224 e. The summed E-state index contributed by atoms with van der Waals surface area (Å²) in [4.78, 5) is 8.91. The molecule has 0 saturated carbocycles. The van der Waals surface area contributed by atoms with Crippen molar-refractivity contribution >= 4 is 33.4 Å². The van der Waals surface area contributed by atoms with Gasteiger partial charge in [0.05, 0.1) is 0 Å². The Balaban J connectivity index is 2.13. The van der Waals surface area contributed by atoms with Crippen LogP contribution < -0.4 is 10.6 Å². The van der Waals surface area contributed by atoms with Gasteiger partial charge in [0, 0.05) is 28.5 Å². The highest BCUT2D eigenvalue weighted by molar-refractivity contribution is 9.10. The maximum atomic E-state index is 4.50. The summed E-state index contributed by atoms with van der Waals surface area (Å²) in [6.07, 6.45) is 2.27. The van der Waals surface area contributed by atoms with Crippen molar-refractivity contribution < 1.29 is 0 Å². The minimum atomic E-state index is 0.678. The first-order chi connectivity index (χ1) is 10.1. The van der Waals surface area contributed by atoms with Crippen LogP contribution in [0.5, 0.6) is 0 Å². The van der Waals surface area contributed by atoms with Crippen LogP contribution in [-0.4, -0.2) is 16.5 Å². The maximum absolute atomic E-state index is 4.50. The lowest BCUT2D eigenvalue weighted by Crippen LogP contribution is -2.07. The molecular weight excluding hydrogens is 328 g/mol. The second-order valence-electron chi connectivity index (χ2n) is 5.09. The predicted octanol–water partition coefficient (Wildman–Crippen LogP) is 4.81. The molecule has 0 amide bonds. The summed E-state index contributed by atoms with van der Waals surface area (Å²) in [6, 6.07) is 8.11. The molecule has 0 aliphatic carbocycles. The lowest BCUT2D eigenvalue weighted by atomic mass is 10.2. The molecule has 0 radical (unpaired) electrons. The molecule has 0 aliphatic heterocycles. The minimum absolute atomic E-state index is 0.678. The van der Waals surface area contributed by atoms with Crippen molar-refractivity contribution in [3.8, 4) is 0 Å². The molecule has 2 N–H and O–H groups in total. The SMILES string of the molecule is CCCCNc1nc(C)cc(Nc2ccc(C)c(Br)c2)n1. The molecule has 0 spiro atoms. The van der Waals surface area contributed by atoms with Crippen molar-refractivity contribution in [3.63, 3.8) is 0 Å². The second kappa shape index (κ2) is 7.41. The molecule has 112 valence electrons. The van der Waals surface area contributed by atoms with Gasteiger partial charge in [-0.1, -0.05) is 35.3 Å². The Kier molecular flexibility index (Phi) is 5.56. The van der Waals surface area contributed by atoms with Crippen LogP contribution in [0.25, 0.3) is 0 Å². The second-order valence-corrected chi connectivity index (χ2v) is 5.94. The number of halogens is 1. The van der Waals surface area contributed by atoms with Crippen LogP contribution in [0.4, 0.5) is 17.5 Å². The van der Waals surface area contributed by atoms with E-state index in [2.05, 4.69) is 62.5 Å². The van der Waals surface area contributed by atoms with E-state index in [4.69, 9.17) is 0 Å². The van der Waals surface area contributed by atoms with Crippen LogP contribution in [0.15, 0.2) is 28.7 Å². The molecule has 0 fully saturated rings. The van der Waals surface area contributed by atoms with E-state index in [1.54, 1.807) is 0 Å². The monoisotopic (exact) mass is 348 g/mol. The van der Waals surface area contributed by atoms with Crippen LogP contribution >= 0.6 is 15.9 Å². The first-order valence-corrected chi connectivity index (χ1v) is 8.00. The Morgan fingerprint density at radius 1 is 1.14 bits per heavy atom. The Morgan fingerprint density at radius 3 is 2.67 bits per heavy atom. The van der Waals surface area contributed by atoms with Crippen molar-refractivity contribution in [2.24, 2.45) is 0 Å². The number of benzene rings is 1. The van der Waals surface area contributed by atoms with E-state index in [0.29, 0.717) is 5.95 Å². The van der Waals surface area contributed by atoms with Crippen LogP contribution in [0.1, 0.15) is 31.0 Å². The molecular formula is C16H21BrN4. The Bertz CT molecular complexity index is 613. The molecule has 1 aromatic carbocycles. The first kappa shape index (κ1) is 15.8. The highest BCUT2D eigenvalue weighted by Crippen LogP contribution is 2.23. The third kappa shape index (κ3) is 4.70. The average Bonchev–Trinajstić information content (AvgIpc) is 2.43. The van der Waals surface area contributed by atoms with Gasteiger partial charge in [-0.2, -0.15) is 4.98 Å². The van der Waals surface area contributed by atoms with Gasteiger partial charge in [-0.3, -0.25) is 0 Å². The van der Waals surface area contributed by atoms with Crippen LogP contribution in [0.3, 0.4) is 0 Å². The molecule has 1 heterocycles. The number of nitrogens with zero attached hydrogens (tertiary/aromatic N) is 2. The number of unbranched alkanes of at least 4 members (excludes halogenated alkanes) is 1. The first-order valence-electron chi connectivity index (χ1n) is 7.21. The average molecular weight is 349 g/mol. The van der Waals surface area contributed by atoms with Gasteiger partial charge in [0.2, 0.25) is 5.95 Å². The summed E-state index contributed by atoms with van der Waals surface area (Å²) in [6.45, 7) is 7.11. The molecule has 0 atom stereocenters. The fourth-order valence-electron chi connectivity index (χ4n) is 1.91. The number of hydrogen-bond acceptors (Lipinski definition) is 4. The Morgan fingerprint density at radius 2 is 1.95 bits per heavy atom.